The topological polar surface area (TPSA) is 148 Å². The lowest BCUT2D eigenvalue weighted by atomic mass is 10.2. The van der Waals surface area contributed by atoms with Gasteiger partial charge in [-0.2, -0.15) is 9.57 Å². The molecule has 0 unspecified atom stereocenters. The van der Waals surface area contributed by atoms with Crippen molar-refractivity contribution >= 4 is 30.9 Å². The summed E-state index contributed by atoms with van der Waals surface area (Å²) in [6.45, 7) is 3.29. The summed E-state index contributed by atoms with van der Waals surface area (Å²) in [6.07, 6.45) is 1.58. The first kappa shape index (κ1) is 28.0. The monoisotopic (exact) mass is 591 g/mol. The van der Waals surface area contributed by atoms with Gasteiger partial charge in [0.05, 0.1) is 22.7 Å². The highest BCUT2D eigenvalue weighted by molar-refractivity contribution is 7.90. The fraction of sp³-hybridized carbons (Fsp3) is 0.179. The highest BCUT2D eigenvalue weighted by Gasteiger charge is 2.31. The molecule has 41 heavy (non-hydrogen) atoms. The summed E-state index contributed by atoms with van der Waals surface area (Å²) in [4.78, 5) is 11.6. The molecule has 0 aliphatic carbocycles. The lowest BCUT2D eigenvalue weighted by molar-refractivity contribution is 0.402. The molecular formula is C28H25N5O6S2. The number of aryl methyl sites for hydroxylation is 3. The van der Waals surface area contributed by atoms with Crippen LogP contribution in [0.15, 0.2) is 86.0 Å². The minimum Gasteiger partial charge on any atom is -0.356 e. The van der Waals surface area contributed by atoms with E-state index in [9.17, 15) is 26.9 Å². The van der Waals surface area contributed by atoms with Crippen LogP contribution in [0.2, 0.25) is 0 Å². The number of pyridine rings is 1. The molecule has 0 spiro atoms. The Labute approximate surface area is 236 Å². The summed E-state index contributed by atoms with van der Waals surface area (Å²) >= 11 is 0. The van der Waals surface area contributed by atoms with E-state index in [4.69, 9.17) is 4.52 Å². The zero-order valence-electron chi connectivity index (χ0n) is 22.6. The van der Waals surface area contributed by atoms with Crippen LogP contribution in [0.5, 0.6) is 0 Å². The molecule has 210 valence electrons. The molecule has 0 fully saturated rings. The molecule has 0 aliphatic rings. The van der Waals surface area contributed by atoms with Crippen molar-refractivity contribution in [2.75, 3.05) is 7.05 Å². The van der Waals surface area contributed by atoms with Crippen LogP contribution in [-0.2, 0) is 33.6 Å². The van der Waals surface area contributed by atoms with E-state index >= 15 is 0 Å². The van der Waals surface area contributed by atoms with E-state index in [0.29, 0.717) is 16.5 Å². The smallest absolute Gasteiger partial charge is 0.269 e. The number of hydrogen-bond donors (Lipinski definition) is 0. The predicted molar refractivity (Wildman–Crippen MR) is 151 cm³/mol. The second kappa shape index (κ2) is 10.2. The Kier molecular flexibility index (Phi) is 6.94. The molecule has 5 rings (SSSR count). The second-order valence-corrected chi connectivity index (χ2v) is 13.5. The van der Waals surface area contributed by atoms with Gasteiger partial charge in [0.1, 0.15) is 16.7 Å². The van der Waals surface area contributed by atoms with E-state index in [1.165, 1.54) is 48.0 Å². The average Bonchev–Trinajstić information content (AvgIpc) is 3.54. The first-order chi connectivity index (χ1) is 19.3. The number of benzene rings is 2. The van der Waals surface area contributed by atoms with Gasteiger partial charge < -0.3 is 9.09 Å². The molecule has 0 N–H and O–H groups in total. The Morgan fingerprint density at radius 1 is 0.976 bits per heavy atom. The molecule has 0 bridgehead atoms. The largest absolute Gasteiger partial charge is 0.356 e. The van der Waals surface area contributed by atoms with Crippen molar-refractivity contribution in [3.05, 3.63) is 99.7 Å². The van der Waals surface area contributed by atoms with Gasteiger partial charge in [-0.15, -0.1) is 0 Å². The van der Waals surface area contributed by atoms with Gasteiger partial charge in [0.2, 0.25) is 10.0 Å². The summed E-state index contributed by atoms with van der Waals surface area (Å²) in [5, 5.41) is 14.1. The Hall–Kier alpha value is -4.51. The van der Waals surface area contributed by atoms with Crippen LogP contribution >= 0.6 is 0 Å². The van der Waals surface area contributed by atoms with Gasteiger partial charge in [0.15, 0.2) is 5.76 Å². The van der Waals surface area contributed by atoms with Gasteiger partial charge in [-0.1, -0.05) is 22.9 Å². The molecule has 0 radical (unpaired) electrons. The molecule has 5 aromatic rings. The van der Waals surface area contributed by atoms with Crippen molar-refractivity contribution in [3.8, 4) is 17.4 Å². The Balaban J connectivity index is 1.60. The van der Waals surface area contributed by atoms with Gasteiger partial charge in [0, 0.05) is 43.4 Å². The summed E-state index contributed by atoms with van der Waals surface area (Å²) in [6, 6.07) is 16.9. The van der Waals surface area contributed by atoms with Crippen LogP contribution < -0.4 is 5.56 Å². The molecule has 2 aromatic carbocycles. The summed E-state index contributed by atoms with van der Waals surface area (Å²) in [7, 11) is -5.71. The van der Waals surface area contributed by atoms with Crippen LogP contribution in [0.4, 0.5) is 0 Å². The van der Waals surface area contributed by atoms with Crippen LogP contribution in [-0.4, -0.2) is 41.9 Å². The van der Waals surface area contributed by atoms with E-state index in [-0.39, 0.29) is 44.6 Å². The number of nitrogens with zero attached hydrogens (tertiary/aromatic N) is 5. The third kappa shape index (κ3) is 4.97. The van der Waals surface area contributed by atoms with Crippen molar-refractivity contribution in [1.29, 1.82) is 5.26 Å². The standard InChI is InChI=1S/C28H25N5O6S2/c1-18-5-7-24(8-6-18)40(35,36)33-23(16-29)13-21-11-19(2)12-26(28(21)33)41(37,38)32(4)17-22-15-25(39-30-22)20-9-10-31(3)27(34)14-20/h5-15H,17H2,1-4H3. The number of rotatable bonds is 7. The molecule has 13 heteroatoms. The molecule has 0 saturated carbocycles. The molecule has 0 amide bonds. The third-order valence-electron chi connectivity index (χ3n) is 6.66. The number of hydrogen-bond acceptors (Lipinski definition) is 8. The van der Waals surface area contributed by atoms with Gasteiger partial charge >= 0.3 is 0 Å². The Bertz CT molecular complexity index is 2130. The molecule has 0 aliphatic heterocycles. The third-order valence-corrected chi connectivity index (χ3v) is 10.2. The van der Waals surface area contributed by atoms with Crippen molar-refractivity contribution in [2.45, 2.75) is 30.2 Å². The first-order valence-corrected chi connectivity index (χ1v) is 15.2. The van der Waals surface area contributed by atoms with E-state index in [0.717, 1.165) is 13.8 Å². The van der Waals surface area contributed by atoms with Crippen molar-refractivity contribution in [3.63, 3.8) is 0 Å². The van der Waals surface area contributed by atoms with Gasteiger partial charge in [-0.25, -0.2) is 20.8 Å². The lowest BCUT2D eigenvalue weighted by Crippen LogP contribution is -2.28. The van der Waals surface area contributed by atoms with Crippen LogP contribution in [0.3, 0.4) is 0 Å². The minimum absolute atomic E-state index is 0.0831. The fourth-order valence-corrected chi connectivity index (χ4v) is 7.44. The van der Waals surface area contributed by atoms with Crippen LogP contribution in [0, 0.1) is 25.2 Å². The molecule has 3 heterocycles. The number of aromatic nitrogens is 3. The number of nitriles is 1. The van der Waals surface area contributed by atoms with Crippen molar-refractivity contribution in [1.82, 2.24) is 18.0 Å². The van der Waals surface area contributed by atoms with Crippen molar-refractivity contribution in [2.24, 2.45) is 7.05 Å². The van der Waals surface area contributed by atoms with Gasteiger partial charge in [-0.3, -0.25) is 4.79 Å². The van der Waals surface area contributed by atoms with Crippen molar-refractivity contribution < 1.29 is 21.4 Å². The molecule has 0 saturated heterocycles. The Morgan fingerprint density at radius 2 is 1.68 bits per heavy atom. The normalized spacial score (nSPS) is 12.2. The average molecular weight is 592 g/mol. The molecule has 0 atom stereocenters. The number of sulfonamides is 1. The van der Waals surface area contributed by atoms with E-state index in [1.807, 2.05) is 13.0 Å². The quantitative estimate of drug-likeness (QED) is 0.279. The highest BCUT2D eigenvalue weighted by atomic mass is 32.2. The predicted octanol–water partition coefficient (Wildman–Crippen LogP) is 3.54. The Morgan fingerprint density at radius 3 is 2.34 bits per heavy atom. The maximum Gasteiger partial charge on any atom is 0.269 e. The van der Waals surface area contributed by atoms with E-state index in [1.54, 1.807) is 44.4 Å². The summed E-state index contributed by atoms with van der Waals surface area (Å²) in [5.74, 6) is 0.290. The van der Waals surface area contributed by atoms with Gasteiger partial charge in [-0.05, 0) is 55.8 Å². The fourth-order valence-electron chi connectivity index (χ4n) is 4.47. The minimum atomic E-state index is -4.34. The maximum absolute atomic E-state index is 14.0. The van der Waals surface area contributed by atoms with Crippen LogP contribution in [0.25, 0.3) is 22.2 Å². The summed E-state index contributed by atoms with van der Waals surface area (Å²) < 4.78 is 64.0. The SMILES string of the molecule is Cc1ccc(S(=O)(=O)n2c(C#N)cc3cc(C)cc(S(=O)(=O)N(C)Cc4cc(-c5ccn(C)c(=O)c5)on4)c32)cc1. The second-order valence-electron chi connectivity index (χ2n) is 9.73. The first-order valence-electron chi connectivity index (χ1n) is 12.3. The van der Waals surface area contributed by atoms with Crippen LogP contribution in [0.1, 0.15) is 22.5 Å². The van der Waals surface area contributed by atoms with Gasteiger partial charge in [0.25, 0.3) is 15.6 Å². The van der Waals surface area contributed by atoms with E-state index < -0.39 is 20.0 Å². The highest BCUT2D eigenvalue weighted by Crippen LogP contribution is 2.33. The lowest BCUT2D eigenvalue weighted by Gasteiger charge is -2.18. The zero-order chi connectivity index (χ0) is 29.7. The van der Waals surface area contributed by atoms with E-state index in [2.05, 4.69) is 5.16 Å². The molecule has 3 aromatic heterocycles. The zero-order valence-corrected chi connectivity index (χ0v) is 24.2. The molecule has 11 nitrogen and oxygen atoms in total. The maximum atomic E-state index is 14.0. The summed E-state index contributed by atoms with van der Waals surface area (Å²) in [5.41, 5.74) is 1.57. The molecular weight excluding hydrogens is 566 g/mol. The number of fused-ring (bicyclic) bond motifs is 1.